The number of nitrogen functional groups attached to an aromatic ring is 1. The van der Waals surface area contributed by atoms with Gasteiger partial charge in [-0.3, -0.25) is 0 Å². The van der Waals surface area contributed by atoms with Gasteiger partial charge in [0.15, 0.2) is 0 Å². The Hall–Kier alpha value is -0.850. The van der Waals surface area contributed by atoms with Gasteiger partial charge in [-0.05, 0) is 36.1 Å². The summed E-state index contributed by atoms with van der Waals surface area (Å²) in [5.74, 6) is 0. The fourth-order valence-electron chi connectivity index (χ4n) is 1.93. The quantitative estimate of drug-likeness (QED) is 0.444. The number of rotatable bonds is 4. The number of hydrogen-bond acceptors (Lipinski definition) is 4. The number of anilines is 1. The molecule has 100 valence electrons. The standard InChI is InChI=1S/C14H15NO3S.Na/c15-13-9-8-12(14(10-13)19(16,17)18)7-6-11-4-2-1-3-5-11;/h1-5,8-10H,6-7,15H2,(H,16,17,18);/q;+1/p-1. The van der Waals surface area contributed by atoms with E-state index in [9.17, 15) is 13.0 Å². The summed E-state index contributed by atoms with van der Waals surface area (Å²) in [6.45, 7) is 0. The molecule has 2 rings (SSSR count). The van der Waals surface area contributed by atoms with E-state index in [4.69, 9.17) is 5.73 Å². The maximum Gasteiger partial charge on any atom is 1.00 e. The molecule has 0 saturated heterocycles. The summed E-state index contributed by atoms with van der Waals surface area (Å²) in [6, 6.07) is 14.1. The Labute approximate surface area is 141 Å². The summed E-state index contributed by atoms with van der Waals surface area (Å²) in [6.07, 6.45) is 1.16. The van der Waals surface area contributed by atoms with Gasteiger partial charge in [0.1, 0.15) is 10.1 Å². The first-order valence-corrected chi connectivity index (χ1v) is 7.26. The smallest absolute Gasteiger partial charge is 0.744 e. The van der Waals surface area contributed by atoms with Gasteiger partial charge in [0, 0.05) is 5.69 Å². The molecule has 0 radical (unpaired) electrons. The molecule has 6 heteroatoms. The Bertz CT molecular complexity index is 672. The average Bonchev–Trinajstić information content (AvgIpc) is 2.37. The summed E-state index contributed by atoms with van der Waals surface area (Å²) in [5, 5.41) is 0. The van der Waals surface area contributed by atoms with Gasteiger partial charge in [0.05, 0.1) is 4.90 Å². The second kappa shape index (κ2) is 7.24. The van der Waals surface area contributed by atoms with E-state index >= 15 is 0 Å². The van der Waals surface area contributed by atoms with E-state index in [1.54, 1.807) is 12.1 Å². The van der Waals surface area contributed by atoms with Gasteiger partial charge in [0.2, 0.25) is 0 Å². The minimum absolute atomic E-state index is 0. The van der Waals surface area contributed by atoms with Crippen molar-refractivity contribution in [1.82, 2.24) is 0 Å². The van der Waals surface area contributed by atoms with Gasteiger partial charge >= 0.3 is 29.6 Å². The van der Waals surface area contributed by atoms with Crippen molar-refractivity contribution in [3.8, 4) is 0 Å². The normalized spacial score (nSPS) is 10.8. The molecule has 0 aliphatic rings. The molecule has 0 heterocycles. The van der Waals surface area contributed by atoms with Gasteiger partial charge in [-0.2, -0.15) is 0 Å². The van der Waals surface area contributed by atoms with E-state index in [1.165, 1.54) is 6.07 Å². The van der Waals surface area contributed by atoms with Gasteiger partial charge in [-0.15, -0.1) is 0 Å². The van der Waals surface area contributed by atoms with Crippen LogP contribution in [0.3, 0.4) is 0 Å². The molecule has 0 bridgehead atoms. The van der Waals surface area contributed by atoms with E-state index in [0.717, 1.165) is 5.56 Å². The third kappa shape index (κ3) is 4.61. The number of benzene rings is 2. The van der Waals surface area contributed by atoms with E-state index in [1.807, 2.05) is 30.3 Å². The molecule has 20 heavy (non-hydrogen) atoms. The fraction of sp³-hybridized carbons (Fsp3) is 0.143. The molecule has 0 amide bonds. The van der Waals surface area contributed by atoms with Crippen molar-refractivity contribution in [2.45, 2.75) is 17.7 Å². The summed E-state index contributed by atoms with van der Waals surface area (Å²) < 4.78 is 33.6. The van der Waals surface area contributed by atoms with Crippen LogP contribution in [0.1, 0.15) is 11.1 Å². The van der Waals surface area contributed by atoms with E-state index in [0.29, 0.717) is 18.4 Å². The zero-order valence-electron chi connectivity index (χ0n) is 11.2. The van der Waals surface area contributed by atoms with Crippen molar-refractivity contribution in [3.05, 3.63) is 59.7 Å². The predicted molar refractivity (Wildman–Crippen MR) is 72.7 cm³/mol. The average molecular weight is 299 g/mol. The zero-order valence-corrected chi connectivity index (χ0v) is 14.1. The molecule has 0 aliphatic heterocycles. The molecule has 0 aliphatic carbocycles. The summed E-state index contributed by atoms with van der Waals surface area (Å²) in [4.78, 5) is -0.219. The van der Waals surface area contributed by atoms with Crippen molar-refractivity contribution in [2.75, 3.05) is 5.73 Å². The van der Waals surface area contributed by atoms with Crippen LogP contribution in [0, 0.1) is 0 Å². The molecule has 2 aromatic rings. The first-order chi connectivity index (χ1) is 8.97. The fourth-order valence-corrected chi connectivity index (χ4v) is 2.71. The van der Waals surface area contributed by atoms with Crippen molar-refractivity contribution >= 4 is 15.8 Å². The summed E-state index contributed by atoms with van der Waals surface area (Å²) in [5.41, 5.74) is 7.40. The van der Waals surface area contributed by atoms with Gasteiger partial charge in [-0.25, -0.2) is 8.42 Å². The third-order valence-corrected chi connectivity index (χ3v) is 3.81. The Kier molecular flexibility index (Phi) is 6.23. The first-order valence-electron chi connectivity index (χ1n) is 5.85. The van der Waals surface area contributed by atoms with Crippen LogP contribution in [-0.4, -0.2) is 13.0 Å². The number of nitrogens with two attached hydrogens (primary N) is 1. The van der Waals surface area contributed by atoms with Crippen LogP contribution in [0.15, 0.2) is 53.4 Å². The van der Waals surface area contributed by atoms with Crippen LogP contribution >= 0.6 is 0 Å². The van der Waals surface area contributed by atoms with Crippen molar-refractivity contribution in [3.63, 3.8) is 0 Å². The second-order valence-corrected chi connectivity index (χ2v) is 5.65. The maximum atomic E-state index is 11.2. The molecule has 0 spiro atoms. The van der Waals surface area contributed by atoms with E-state index in [2.05, 4.69) is 0 Å². The van der Waals surface area contributed by atoms with Crippen molar-refractivity contribution in [1.29, 1.82) is 0 Å². The molecule has 2 N–H and O–H groups in total. The van der Waals surface area contributed by atoms with Crippen LogP contribution in [-0.2, 0) is 23.0 Å². The molecule has 2 aromatic carbocycles. The number of aryl methyl sites for hydroxylation is 2. The van der Waals surface area contributed by atoms with Crippen molar-refractivity contribution < 1.29 is 42.5 Å². The summed E-state index contributed by atoms with van der Waals surface area (Å²) in [7, 11) is -4.49. The van der Waals surface area contributed by atoms with Crippen LogP contribution in [0.2, 0.25) is 0 Å². The Morgan fingerprint density at radius 1 is 1.00 bits per heavy atom. The SMILES string of the molecule is Nc1ccc(CCc2ccccc2)c(S(=O)(=O)[O-])c1.[Na+]. The van der Waals surface area contributed by atoms with E-state index < -0.39 is 10.1 Å². The Morgan fingerprint density at radius 2 is 1.65 bits per heavy atom. The Balaban J connectivity index is 0.00000200. The molecule has 0 saturated carbocycles. The largest absolute Gasteiger partial charge is 1.00 e. The third-order valence-electron chi connectivity index (χ3n) is 2.89. The van der Waals surface area contributed by atoms with Crippen LogP contribution in [0.4, 0.5) is 5.69 Å². The van der Waals surface area contributed by atoms with E-state index in [-0.39, 0.29) is 40.1 Å². The minimum atomic E-state index is -4.49. The summed E-state index contributed by atoms with van der Waals surface area (Å²) >= 11 is 0. The topological polar surface area (TPSA) is 83.2 Å². The van der Waals surface area contributed by atoms with Gasteiger partial charge < -0.3 is 10.3 Å². The molecule has 0 aromatic heterocycles. The molecule has 0 fully saturated rings. The second-order valence-electron chi connectivity index (χ2n) is 4.31. The van der Waals surface area contributed by atoms with Crippen LogP contribution in [0.5, 0.6) is 0 Å². The Morgan fingerprint density at radius 3 is 2.25 bits per heavy atom. The van der Waals surface area contributed by atoms with Crippen molar-refractivity contribution in [2.24, 2.45) is 0 Å². The predicted octanol–water partition coefficient (Wildman–Crippen LogP) is -1.04. The maximum absolute atomic E-state index is 11.2. The van der Waals surface area contributed by atoms with Gasteiger partial charge in [0.25, 0.3) is 0 Å². The van der Waals surface area contributed by atoms with Crippen LogP contribution in [0.25, 0.3) is 0 Å². The molecule has 0 unspecified atom stereocenters. The molecular formula is C14H14NNaO3S. The molecule has 4 nitrogen and oxygen atoms in total. The zero-order chi connectivity index (χ0) is 13.9. The van der Waals surface area contributed by atoms with Gasteiger partial charge in [-0.1, -0.05) is 36.4 Å². The number of hydrogen-bond donors (Lipinski definition) is 1. The molecular weight excluding hydrogens is 285 g/mol. The first kappa shape index (κ1) is 17.2. The molecule has 0 atom stereocenters. The minimum Gasteiger partial charge on any atom is -0.744 e. The monoisotopic (exact) mass is 299 g/mol. The van der Waals surface area contributed by atoms with Crippen LogP contribution < -0.4 is 35.3 Å².